The van der Waals surface area contributed by atoms with Gasteiger partial charge in [0.15, 0.2) is 0 Å². The van der Waals surface area contributed by atoms with Gasteiger partial charge in [0.2, 0.25) is 0 Å². The lowest BCUT2D eigenvalue weighted by atomic mass is 9.83. The molecule has 1 spiro atoms. The second-order valence-electron chi connectivity index (χ2n) is 5.01. The van der Waals surface area contributed by atoms with Crippen molar-refractivity contribution in [2.75, 3.05) is 39.9 Å². The van der Waals surface area contributed by atoms with E-state index in [0.717, 1.165) is 58.5 Å². The Kier molecular flexibility index (Phi) is 4.19. The summed E-state index contributed by atoms with van der Waals surface area (Å²) in [5, 5.41) is 0. The summed E-state index contributed by atoms with van der Waals surface area (Å²) in [6.07, 6.45) is 4.78. The van der Waals surface area contributed by atoms with Crippen LogP contribution in [0.5, 0.6) is 0 Å². The fourth-order valence-corrected chi connectivity index (χ4v) is 2.90. The summed E-state index contributed by atoms with van der Waals surface area (Å²) in [7, 11) is 1.81. The van der Waals surface area contributed by atoms with Crippen molar-refractivity contribution in [1.82, 2.24) is 4.90 Å². The molecule has 0 bridgehead atoms. The minimum Gasteiger partial charge on any atom is -0.381 e. The first-order valence-electron chi connectivity index (χ1n) is 6.37. The smallest absolute Gasteiger partial charge is 0.0731 e. The minimum absolute atomic E-state index is 0.101. The van der Waals surface area contributed by atoms with E-state index in [4.69, 9.17) is 15.2 Å². The number of nitrogens with zero attached hydrogens (tertiary/aromatic N) is 1. The van der Waals surface area contributed by atoms with E-state index >= 15 is 0 Å². The van der Waals surface area contributed by atoms with Gasteiger partial charge in [-0.1, -0.05) is 0 Å². The highest BCUT2D eigenvalue weighted by Crippen LogP contribution is 2.35. The maximum atomic E-state index is 6.03. The van der Waals surface area contributed by atoms with Crippen LogP contribution in [-0.4, -0.2) is 56.5 Å². The number of ether oxygens (including phenoxy) is 2. The van der Waals surface area contributed by atoms with Crippen LogP contribution in [0.15, 0.2) is 0 Å². The summed E-state index contributed by atoms with van der Waals surface area (Å²) in [6, 6.07) is 0. The molecular weight excluding hydrogens is 204 g/mol. The van der Waals surface area contributed by atoms with Gasteiger partial charge in [0.05, 0.1) is 11.7 Å². The first kappa shape index (κ1) is 12.3. The van der Waals surface area contributed by atoms with Crippen molar-refractivity contribution in [1.29, 1.82) is 0 Å². The van der Waals surface area contributed by atoms with Crippen LogP contribution < -0.4 is 5.73 Å². The summed E-state index contributed by atoms with van der Waals surface area (Å²) in [5.74, 6) is 0. The predicted octanol–water partition coefficient (Wildman–Crippen LogP) is 0.605. The summed E-state index contributed by atoms with van der Waals surface area (Å²) in [5.41, 5.74) is 5.68. The van der Waals surface area contributed by atoms with Crippen LogP contribution >= 0.6 is 0 Å². The molecule has 2 rings (SSSR count). The fraction of sp³-hybridized carbons (Fsp3) is 1.00. The number of rotatable bonds is 3. The Morgan fingerprint density at radius 3 is 2.81 bits per heavy atom. The largest absolute Gasteiger partial charge is 0.381 e. The van der Waals surface area contributed by atoms with Crippen LogP contribution in [0.1, 0.15) is 25.7 Å². The summed E-state index contributed by atoms with van der Waals surface area (Å²) in [6.45, 7) is 4.87. The Bertz CT molecular complexity index is 215. The fourth-order valence-electron chi connectivity index (χ4n) is 2.90. The standard InChI is InChI=1S/C12H24N2O2/c1-15-11-2-9-16-12(10-11)3-6-14(7-4-12)8-5-13/h11H,2-10,13H2,1H3. The average molecular weight is 228 g/mol. The van der Waals surface area contributed by atoms with Crippen LogP contribution in [0.25, 0.3) is 0 Å². The second-order valence-corrected chi connectivity index (χ2v) is 5.01. The van der Waals surface area contributed by atoms with E-state index in [2.05, 4.69) is 4.90 Å². The van der Waals surface area contributed by atoms with Crippen molar-refractivity contribution in [3.8, 4) is 0 Å². The first-order valence-corrected chi connectivity index (χ1v) is 6.37. The van der Waals surface area contributed by atoms with Crippen LogP contribution in [0.3, 0.4) is 0 Å². The molecule has 2 fully saturated rings. The van der Waals surface area contributed by atoms with Crippen LogP contribution in [-0.2, 0) is 9.47 Å². The number of piperidine rings is 1. The van der Waals surface area contributed by atoms with Crippen molar-refractivity contribution in [2.45, 2.75) is 37.4 Å². The molecule has 2 heterocycles. The van der Waals surface area contributed by atoms with E-state index in [9.17, 15) is 0 Å². The molecule has 2 N–H and O–H groups in total. The number of hydrogen-bond donors (Lipinski definition) is 1. The molecule has 1 atom stereocenters. The lowest BCUT2D eigenvalue weighted by Crippen LogP contribution is -2.51. The highest BCUT2D eigenvalue weighted by Gasteiger charge is 2.40. The monoisotopic (exact) mass is 228 g/mol. The normalized spacial score (nSPS) is 30.8. The number of methoxy groups -OCH3 is 1. The molecule has 2 aliphatic heterocycles. The van der Waals surface area contributed by atoms with Gasteiger partial charge in [-0.25, -0.2) is 0 Å². The lowest BCUT2D eigenvalue weighted by molar-refractivity contribution is -0.149. The van der Waals surface area contributed by atoms with Gasteiger partial charge in [0.1, 0.15) is 0 Å². The van der Waals surface area contributed by atoms with Gasteiger partial charge < -0.3 is 20.1 Å². The molecule has 0 radical (unpaired) electrons. The molecule has 0 aromatic heterocycles. The van der Waals surface area contributed by atoms with Gasteiger partial charge in [-0.3, -0.25) is 0 Å². The minimum atomic E-state index is 0.101. The summed E-state index contributed by atoms with van der Waals surface area (Å²) < 4.78 is 11.5. The second kappa shape index (κ2) is 5.45. The number of hydrogen-bond acceptors (Lipinski definition) is 4. The van der Waals surface area contributed by atoms with Crippen molar-refractivity contribution in [3.63, 3.8) is 0 Å². The number of nitrogens with two attached hydrogens (primary N) is 1. The SMILES string of the molecule is COC1CCOC2(CCN(CCN)CC2)C1. The molecule has 94 valence electrons. The number of likely N-dealkylation sites (tertiary alicyclic amines) is 1. The predicted molar refractivity (Wildman–Crippen MR) is 63.4 cm³/mol. The van der Waals surface area contributed by atoms with Crippen molar-refractivity contribution < 1.29 is 9.47 Å². The van der Waals surface area contributed by atoms with Gasteiger partial charge in [0.25, 0.3) is 0 Å². The third kappa shape index (κ3) is 2.74. The molecule has 4 nitrogen and oxygen atoms in total. The lowest BCUT2D eigenvalue weighted by Gasteiger charge is -2.45. The van der Waals surface area contributed by atoms with Crippen molar-refractivity contribution >= 4 is 0 Å². The molecule has 0 saturated carbocycles. The van der Waals surface area contributed by atoms with E-state index in [0.29, 0.717) is 6.10 Å². The molecule has 0 aromatic carbocycles. The Morgan fingerprint density at radius 2 is 2.19 bits per heavy atom. The van der Waals surface area contributed by atoms with Crippen LogP contribution in [0.4, 0.5) is 0 Å². The van der Waals surface area contributed by atoms with E-state index in [1.54, 1.807) is 0 Å². The van der Waals surface area contributed by atoms with Crippen LogP contribution in [0, 0.1) is 0 Å². The van der Waals surface area contributed by atoms with E-state index in [1.807, 2.05) is 7.11 Å². The van der Waals surface area contributed by atoms with Gasteiger partial charge in [-0.05, 0) is 19.3 Å². The van der Waals surface area contributed by atoms with Gasteiger partial charge in [-0.2, -0.15) is 0 Å². The molecule has 2 saturated heterocycles. The molecule has 0 amide bonds. The quantitative estimate of drug-likeness (QED) is 0.768. The van der Waals surface area contributed by atoms with Gasteiger partial charge in [-0.15, -0.1) is 0 Å². The van der Waals surface area contributed by atoms with Crippen molar-refractivity contribution in [2.24, 2.45) is 5.73 Å². The zero-order valence-electron chi connectivity index (χ0n) is 10.3. The van der Waals surface area contributed by atoms with Gasteiger partial charge >= 0.3 is 0 Å². The molecule has 1 unspecified atom stereocenters. The molecule has 2 aliphatic rings. The topological polar surface area (TPSA) is 47.7 Å². The molecule has 0 aliphatic carbocycles. The van der Waals surface area contributed by atoms with E-state index in [-0.39, 0.29) is 5.60 Å². The average Bonchev–Trinajstić information content (AvgIpc) is 2.33. The highest BCUT2D eigenvalue weighted by molar-refractivity contribution is 4.92. The van der Waals surface area contributed by atoms with E-state index in [1.165, 1.54) is 0 Å². The zero-order chi connectivity index (χ0) is 11.4. The third-order valence-electron chi connectivity index (χ3n) is 3.99. The van der Waals surface area contributed by atoms with Crippen molar-refractivity contribution in [3.05, 3.63) is 0 Å². The van der Waals surface area contributed by atoms with Crippen LogP contribution in [0.2, 0.25) is 0 Å². The zero-order valence-corrected chi connectivity index (χ0v) is 10.3. The van der Waals surface area contributed by atoms with Gasteiger partial charge in [0, 0.05) is 46.3 Å². The highest BCUT2D eigenvalue weighted by atomic mass is 16.5. The molecular formula is C12H24N2O2. The Balaban J connectivity index is 1.85. The summed E-state index contributed by atoms with van der Waals surface area (Å²) in [4.78, 5) is 2.44. The Labute approximate surface area is 98.1 Å². The molecule has 4 heteroatoms. The maximum absolute atomic E-state index is 6.03. The summed E-state index contributed by atoms with van der Waals surface area (Å²) >= 11 is 0. The first-order chi connectivity index (χ1) is 7.78. The molecule has 16 heavy (non-hydrogen) atoms. The Morgan fingerprint density at radius 1 is 1.44 bits per heavy atom. The van der Waals surface area contributed by atoms with E-state index < -0.39 is 0 Å². The molecule has 0 aromatic rings. The Hall–Kier alpha value is -0.160. The maximum Gasteiger partial charge on any atom is 0.0731 e. The third-order valence-corrected chi connectivity index (χ3v) is 3.99.